The highest BCUT2D eigenvalue weighted by molar-refractivity contribution is 5.81. The molecule has 1 aliphatic heterocycles. The average Bonchev–Trinajstić information content (AvgIpc) is 3.10. The summed E-state index contributed by atoms with van der Waals surface area (Å²) in [6, 6.07) is 0. The molecule has 1 aliphatic rings. The number of fused-ring (bicyclic) bond motifs is 1. The Bertz CT molecular complexity index is 721. The second kappa shape index (κ2) is 5.77. The van der Waals surface area contributed by atoms with Gasteiger partial charge in [-0.3, -0.25) is 9.36 Å². The molecule has 0 amide bonds. The van der Waals surface area contributed by atoms with Crippen molar-refractivity contribution in [3.05, 3.63) is 12.7 Å². The van der Waals surface area contributed by atoms with E-state index in [0.717, 1.165) is 12.8 Å². The Kier molecular flexibility index (Phi) is 3.93. The molecule has 0 spiro atoms. The van der Waals surface area contributed by atoms with Crippen LogP contribution in [0.2, 0.25) is 0 Å². The number of anilines is 1. The zero-order valence-corrected chi connectivity index (χ0v) is 13.5. The first-order valence-corrected chi connectivity index (χ1v) is 7.62. The highest BCUT2D eigenvalue weighted by atomic mass is 16.6. The van der Waals surface area contributed by atoms with Crippen molar-refractivity contribution in [1.82, 2.24) is 19.5 Å². The second-order valence-electron chi connectivity index (χ2n) is 6.72. The van der Waals surface area contributed by atoms with Gasteiger partial charge in [-0.25, -0.2) is 15.0 Å². The molecule has 2 atom stereocenters. The van der Waals surface area contributed by atoms with E-state index in [0.29, 0.717) is 17.0 Å². The zero-order chi connectivity index (χ0) is 16.6. The molecule has 1 fully saturated rings. The van der Waals surface area contributed by atoms with Gasteiger partial charge in [0.25, 0.3) is 0 Å². The minimum atomic E-state index is -0.507. The topological polar surface area (TPSA) is 105 Å². The molecule has 1 saturated heterocycles. The second-order valence-corrected chi connectivity index (χ2v) is 6.72. The van der Waals surface area contributed by atoms with Crippen molar-refractivity contribution in [1.29, 1.82) is 0 Å². The molecule has 0 bridgehead atoms. The first-order valence-electron chi connectivity index (χ1n) is 7.62. The van der Waals surface area contributed by atoms with Crippen LogP contribution in [0.25, 0.3) is 11.2 Å². The van der Waals surface area contributed by atoms with Gasteiger partial charge in [-0.1, -0.05) is 0 Å². The van der Waals surface area contributed by atoms with E-state index in [1.165, 1.54) is 6.33 Å². The predicted octanol–water partition coefficient (Wildman–Crippen LogP) is 1.68. The summed E-state index contributed by atoms with van der Waals surface area (Å²) < 4.78 is 13.1. The summed E-state index contributed by atoms with van der Waals surface area (Å²) >= 11 is 0. The van der Waals surface area contributed by atoms with E-state index in [-0.39, 0.29) is 24.9 Å². The van der Waals surface area contributed by atoms with E-state index in [9.17, 15) is 4.79 Å². The van der Waals surface area contributed by atoms with Gasteiger partial charge in [0.1, 0.15) is 24.7 Å². The van der Waals surface area contributed by atoms with E-state index < -0.39 is 5.41 Å². The summed E-state index contributed by atoms with van der Waals surface area (Å²) in [6.45, 7) is 5.75. The van der Waals surface area contributed by atoms with Crippen LogP contribution in [0.1, 0.15) is 39.8 Å². The lowest BCUT2D eigenvalue weighted by atomic mass is 9.97. The standard InChI is InChI=1S/C15H21N5O3/c1-15(2,3)14(21)22-6-9-4-5-10(23-9)20-8-19-11-12(16)17-7-18-13(11)20/h7-10H,4-6H2,1-3H3,(H2,16,17,18)/t9-,10-/m0/s1. The van der Waals surface area contributed by atoms with Crippen molar-refractivity contribution >= 4 is 23.0 Å². The molecule has 0 radical (unpaired) electrons. The Hall–Kier alpha value is -2.22. The third kappa shape index (κ3) is 3.12. The number of carbonyl (C=O) groups excluding carboxylic acids is 1. The summed E-state index contributed by atoms with van der Waals surface area (Å²) in [6.07, 6.45) is 4.36. The maximum Gasteiger partial charge on any atom is 0.311 e. The van der Waals surface area contributed by atoms with Gasteiger partial charge in [-0.15, -0.1) is 0 Å². The molecule has 0 aliphatic carbocycles. The first-order chi connectivity index (χ1) is 10.9. The SMILES string of the molecule is CC(C)(C)C(=O)OC[C@@H]1CC[C@@H](n2cnc3c(N)ncnc32)O1. The van der Waals surface area contributed by atoms with Gasteiger partial charge in [-0.05, 0) is 33.6 Å². The number of nitrogen functional groups attached to an aromatic ring is 1. The molecule has 124 valence electrons. The number of esters is 1. The molecule has 0 aromatic carbocycles. The summed E-state index contributed by atoms with van der Waals surface area (Å²) in [5.74, 6) is 0.126. The van der Waals surface area contributed by atoms with Crippen LogP contribution in [-0.4, -0.2) is 38.2 Å². The number of ether oxygens (including phenoxy) is 2. The quantitative estimate of drug-likeness (QED) is 0.858. The van der Waals surface area contributed by atoms with Gasteiger partial charge < -0.3 is 15.2 Å². The highest BCUT2D eigenvalue weighted by Crippen LogP contribution is 2.31. The molecule has 3 rings (SSSR count). The lowest BCUT2D eigenvalue weighted by molar-refractivity contribution is -0.157. The molecule has 8 nitrogen and oxygen atoms in total. The van der Waals surface area contributed by atoms with Crippen LogP contribution >= 0.6 is 0 Å². The van der Waals surface area contributed by atoms with Gasteiger partial charge in [0.15, 0.2) is 11.5 Å². The summed E-state index contributed by atoms with van der Waals surface area (Å²) in [4.78, 5) is 24.2. The Morgan fingerprint density at radius 3 is 2.91 bits per heavy atom. The van der Waals surface area contributed by atoms with Crippen LogP contribution in [0.3, 0.4) is 0 Å². The van der Waals surface area contributed by atoms with Gasteiger partial charge >= 0.3 is 5.97 Å². The molecule has 2 aromatic heterocycles. The number of carbonyl (C=O) groups is 1. The third-order valence-electron chi connectivity index (χ3n) is 3.80. The number of hydrogen-bond acceptors (Lipinski definition) is 7. The number of nitrogens with two attached hydrogens (primary N) is 1. The lowest BCUT2D eigenvalue weighted by Gasteiger charge is -2.19. The fourth-order valence-corrected chi connectivity index (χ4v) is 2.48. The molecule has 23 heavy (non-hydrogen) atoms. The number of aromatic nitrogens is 4. The molecule has 0 unspecified atom stereocenters. The van der Waals surface area contributed by atoms with E-state index in [2.05, 4.69) is 15.0 Å². The lowest BCUT2D eigenvalue weighted by Crippen LogP contribution is -2.27. The minimum absolute atomic E-state index is 0.122. The van der Waals surface area contributed by atoms with Gasteiger partial charge in [0, 0.05) is 0 Å². The molecule has 2 N–H and O–H groups in total. The number of rotatable bonds is 3. The first kappa shape index (κ1) is 15.7. The van der Waals surface area contributed by atoms with Gasteiger partial charge in [0.2, 0.25) is 0 Å². The van der Waals surface area contributed by atoms with Crippen LogP contribution in [0.5, 0.6) is 0 Å². The molecule has 8 heteroatoms. The Labute approximate surface area is 134 Å². The smallest absolute Gasteiger partial charge is 0.311 e. The fraction of sp³-hybridized carbons (Fsp3) is 0.600. The van der Waals surface area contributed by atoms with E-state index in [1.54, 1.807) is 6.33 Å². The maximum absolute atomic E-state index is 11.8. The molecule has 3 heterocycles. The fourth-order valence-electron chi connectivity index (χ4n) is 2.48. The number of hydrogen-bond donors (Lipinski definition) is 1. The highest BCUT2D eigenvalue weighted by Gasteiger charge is 2.30. The molecular weight excluding hydrogens is 298 g/mol. The van der Waals surface area contributed by atoms with Gasteiger partial charge in [0.05, 0.1) is 17.8 Å². The monoisotopic (exact) mass is 319 g/mol. The predicted molar refractivity (Wildman–Crippen MR) is 83.3 cm³/mol. The molecule has 2 aromatic rings. The molecule has 0 saturated carbocycles. The average molecular weight is 319 g/mol. The van der Waals surface area contributed by atoms with Crippen LogP contribution in [0.4, 0.5) is 5.82 Å². The zero-order valence-electron chi connectivity index (χ0n) is 13.5. The van der Waals surface area contributed by atoms with Gasteiger partial charge in [-0.2, -0.15) is 0 Å². The van der Waals surface area contributed by atoms with Crippen molar-refractivity contribution < 1.29 is 14.3 Å². The van der Waals surface area contributed by atoms with Crippen LogP contribution in [0, 0.1) is 5.41 Å². The normalized spacial score (nSPS) is 21.7. The summed E-state index contributed by atoms with van der Waals surface area (Å²) in [5.41, 5.74) is 6.50. The van der Waals surface area contributed by atoms with Crippen LogP contribution in [-0.2, 0) is 14.3 Å². The summed E-state index contributed by atoms with van der Waals surface area (Å²) in [5, 5.41) is 0. The van der Waals surface area contributed by atoms with Crippen molar-refractivity contribution in [2.75, 3.05) is 12.3 Å². The third-order valence-corrected chi connectivity index (χ3v) is 3.80. The Morgan fingerprint density at radius 1 is 1.39 bits per heavy atom. The van der Waals surface area contributed by atoms with Crippen molar-refractivity contribution in [2.24, 2.45) is 5.41 Å². The summed E-state index contributed by atoms with van der Waals surface area (Å²) in [7, 11) is 0. The van der Waals surface area contributed by atoms with Crippen molar-refractivity contribution in [3.63, 3.8) is 0 Å². The largest absolute Gasteiger partial charge is 0.463 e. The number of nitrogens with zero attached hydrogens (tertiary/aromatic N) is 4. The number of imidazole rings is 1. The van der Waals surface area contributed by atoms with Crippen LogP contribution in [0.15, 0.2) is 12.7 Å². The Balaban J connectivity index is 1.65. The van der Waals surface area contributed by atoms with Crippen molar-refractivity contribution in [2.45, 2.75) is 45.9 Å². The van der Waals surface area contributed by atoms with E-state index in [4.69, 9.17) is 15.2 Å². The maximum atomic E-state index is 11.8. The van der Waals surface area contributed by atoms with E-state index >= 15 is 0 Å². The van der Waals surface area contributed by atoms with Crippen molar-refractivity contribution in [3.8, 4) is 0 Å². The van der Waals surface area contributed by atoms with E-state index in [1.807, 2.05) is 25.3 Å². The van der Waals surface area contributed by atoms with Crippen LogP contribution < -0.4 is 5.73 Å². The Morgan fingerprint density at radius 2 is 2.17 bits per heavy atom. The molecular formula is C15H21N5O3. The minimum Gasteiger partial charge on any atom is -0.463 e.